The fourth-order valence-electron chi connectivity index (χ4n) is 2.87. The van der Waals surface area contributed by atoms with E-state index in [4.69, 9.17) is 10.1 Å². The molecule has 22 heavy (non-hydrogen) atoms. The van der Waals surface area contributed by atoms with Gasteiger partial charge in [0.1, 0.15) is 11.2 Å². The second-order valence-electron chi connectivity index (χ2n) is 5.87. The van der Waals surface area contributed by atoms with Gasteiger partial charge in [0, 0.05) is 22.3 Å². The van der Waals surface area contributed by atoms with E-state index in [0.29, 0.717) is 11.4 Å². The first kappa shape index (κ1) is 15.1. The predicted octanol–water partition coefficient (Wildman–Crippen LogP) is 4.71. The molecule has 0 radical (unpaired) electrons. The van der Waals surface area contributed by atoms with E-state index >= 15 is 0 Å². The summed E-state index contributed by atoms with van der Waals surface area (Å²) in [7, 11) is 3.59. The molecular weight excluding hydrogens is 340 g/mol. The number of nitrogens with one attached hydrogen (secondary N) is 1. The Labute approximate surface area is 138 Å². The Hall–Kier alpha value is -1.81. The van der Waals surface area contributed by atoms with Gasteiger partial charge in [0.25, 0.3) is 0 Å². The van der Waals surface area contributed by atoms with Crippen LogP contribution in [0.15, 0.2) is 34.8 Å². The number of halogens is 1. The third kappa shape index (κ3) is 2.22. The van der Waals surface area contributed by atoms with Crippen LogP contribution in [0.1, 0.15) is 25.3 Å². The van der Waals surface area contributed by atoms with Crippen LogP contribution in [0.3, 0.4) is 0 Å². The number of fused-ring (bicyclic) bond motifs is 3. The first-order chi connectivity index (χ1) is 10.4. The number of rotatable bonds is 2. The van der Waals surface area contributed by atoms with Gasteiger partial charge in [-0.15, -0.1) is 0 Å². The number of ether oxygens (including phenoxy) is 1. The SMILES string of the molecule is COc1ccc2c(c1)c(=N)n(C)c1c(Br)cc(C(C)C)cc21. The van der Waals surface area contributed by atoms with Crippen molar-refractivity contribution in [3.8, 4) is 5.75 Å². The van der Waals surface area contributed by atoms with Crippen molar-refractivity contribution in [1.29, 1.82) is 5.41 Å². The molecule has 0 saturated heterocycles. The first-order valence-electron chi connectivity index (χ1n) is 7.28. The normalized spacial score (nSPS) is 11.5. The Morgan fingerprint density at radius 3 is 2.45 bits per heavy atom. The number of hydrogen-bond acceptors (Lipinski definition) is 2. The van der Waals surface area contributed by atoms with Gasteiger partial charge in [0.05, 0.1) is 12.6 Å². The van der Waals surface area contributed by atoms with Gasteiger partial charge >= 0.3 is 0 Å². The fraction of sp³-hybridized carbons (Fsp3) is 0.278. The van der Waals surface area contributed by atoms with Gasteiger partial charge in [-0.05, 0) is 63.1 Å². The van der Waals surface area contributed by atoms with Crippen molar-refractivity contribution in [3.63, 3.8) is 0 Å². The Bertz CT molecular complexity index is 941. The highest BCUT2D eigenvalue weighted by atomic mass is 79.9. The minimum atomic E-state index is 0.454. The van der Waals surface area contributed by atoms with E-state index in [1.54, 1.807) is 7.11 Å². The molecular formula is C18H19BrN2O. The van der Waals surface area contributed by atoms with Crippen molar-refractivity contribution in [2.24, 2.45) is 7.05 Å². The van der Waals surface area contributed by atoms with E-state index in [-0.39, 0.29) is 0 Å². The summed E-state index contributed by atoms with van der Waals surface area (Å²) >= 11 is 3.69. The molecule has 3 rings (SSSR count). The van der Waals surface area contributed by atoms with Crippen molar-refractivity contribution >= 4 is 37.6 Å². The summed E-state index contributed by atoms with van der Waals surface area (Å²) in [6, 6.07) is 10.3. The van der Waals surface area contributed by atoms with Crippen molar-refractivity contribution in [1.82, 2.24) is 4.57 Å². The molecule has 1 N–H and O–H groups in total. The molecule has 0 aliphatic rings. The largest absolute Gasteiger partial charge is 0.497 e. The van der Waals surface area contributed by atoms with Crippen molar-refractivity contribution < 1.29 is 4.74 Å². The summed E-state index contributed by atoms with van der Waals surface area (Å²) in [6.07, 6.45) is 0. The van der Waals surface area contributed by atoms with E-state index in [0.717, 1.165) is 31.9 Å². The molecule has 1 aromatic heterocycles. The molecule has 3 aromatic rings. The molecule has 0 saturated carbocycles. The summed E-state index contributed by atoms with van der Waals surface area (Å²) in [6.45, 7) is 4.38. The van der Waals surface area contributed by atoms with E-state index in [1.165, 1.54) is 5.56 Å². The zero-order chi connectivity index (χ0) is 16.0. The molecule has 0 unspecified atom stereocenters. The summed E-state index contributed by atoms with van der Waals surface area (Å²) in [5.74, 6) is 1.23. The number of benzene rings is 2. The van der Waals surface area contributed by atoms with Gasteiger partial charge in [0.2, 0.25) is 0 Å². The van der Waals surface area contributed by atoms with Crippen LogP contribution in [-0.4, -0.2) is 11.7 Å². The minimum Gasteiger partial charge on any atom is -0.497 e. The lowest BCUT2D eigenvalue weighted by Gasteiger charge is -2.16. The molecule has 0 aliphatic heterocycles. The highest BCUT2D eigenvalue weighted by Crippen LogP contribution is 2.33. The van der Waals surface area contributed by atoms with Gasteiger partial charge < -0.3 is 9.30 Å². The zero-order valence-electron chi connectivity index (χ0n) is 13.2. The summed E-state index contributed by atoms with van der Waals surface area (Å²) in [5, 5.41) is 11.6. The minimum absolute atomic E-state index is 0.454. The van der Waals surface area contributed by atoms with Crippen molar-refractivity contribution in [2.45, 2.75) is 19.8 Å². The van der Waals surface area contributed by atoms with Crippen LogP contribution in [-0.2, 0) is 7.05 Å². The third-order valence-electron chi connectivity index (χ3n) is 4.20. The molecule has 0 atom stereocenters. The number of methoxy groups -OCH3 is 1. The topological polar surface area (TPSA) is 38.0 Å². The van der Waals surface area contributed by atoms with Crippen LogP contribution < -0.4 is 10.2 Å². The lowest BCUT2D eigenvalue weighted by atomic mass is 9.98. The van der Waals surface area contributed by atoms with Crippen LogP contribution in [0.2, 0.25) is 0 Å². The average molecular weight is 359 g/mol. The van der Waals surface area contributed by atoms with E-state index in [9.17, 15) is 0 Å². The van der Waals surface area contributed by atoms with Crippen LogP contribution in [0.5, 0.6) is 5.75 Å². The molecule has 114 valence electrons. The maximum Gasteiger partial charge on any atom is 0.133 e. The van der Waals surface area contributed by atoms with Gasteiger partial charge in [-0.2, -0.15) is 0 Å². The number of pyridine rings is 1. The number of hydrogen-bond donors (Lipinski definition) is 1. The maximum atomic E-state index is 8.46. The average Bonchev–Trinajstić information content (AvgIpc) is 2.51. The Balaban J connectivity index is 2.56. The highest BCUT2D eigenvalue weighted by molar-refractivity contribution is 9.10. The molecule has 0 fully saturated rings. The second kappa shape index (κ2) is 5.43. The van der Waals surface area contributed by atoms with Gasteiger partial charge in [-0.1, -0.05) is 13.8 Å². The van der Waals surface area contributed by atoms with E-state index in [1.807, 2.05) is 29.8 Å². The summed E-state index contributed by atoms with van der Waals surface area (Å²) in [4.78, 5) is 0. The van der Waals surface area contributed by atoms with Crippen LogP contribution in [0.4, 0.5) is 0 Å². The first-order valence-corrected chi connectivity index (χ1v) is 8.07. The maximum absolute atomic E-state index is 8.46. The third-order valence-corrected chi connectivity index (χ3v) is 4.80. The summed E-state index contributed by atoms with van der Waals surface area (Å²) < 4.78 is 8.26. The summed E-state index contributed by atoms with van der Waals surface area (Å²) in [5.41, 5.74) is 2.82. The van der Waals surface area contributed by atoms with Crippen molar-refractivity contribution in [3.05, 3.63) is 45.9 Å². The zero-order valence-corrected chi connectivity index (χ0v) is 14.8. The molecule has 0 bridgehead atoms. The highest BCUT2D eigenvalue weighted by Gasteiger charge is 2.13. The molecule has 3 nitrogen and oxygen atoms in total. The quantitative estimate of drug-likeness (QED) is 0.662. The van der Waals surface area contributed by atoms with Crippen molar-refractivity contribution in [2.75, 3.05) is 7.11 Å². The van der Waals surface area contributed by atoms with Crippen LogP contribution in [0, 0.1) is 5.41 Å². The van der Waals surface area contributed by atoms with Gasteiger partial charge in [-0.25, -0.2) is 0 Å². The second-order valence-corrected chi connectivity index (χ2v) is 6.73. The molecule has 0 amide bonds. The standard InChI is InChI=1S/C18H19BrN2O/c1-10(2)11-7-14-13-6-5-12(22-4)9-15(13)18(20)21(3)17(14)16(19)8-11/h5-10,20H,1-4H3. The van der Waals surface area contributed by atoms with Gasteiger partial charge in [0.15, 0.2) is 0 Å². The Morgan fingerprint density at radius 2 is 1.82 bits per heavy atom. The lowest BCUT2D eigenvalue weighted by Crippen LogP contribution is -2.18. The molecule has 4 heteroatoms. The fourth-order valence-corrected chi connectivity index (χ4v) is 3.62. The Kier molecular flexibility index (Phi) is 3.73. The lowest BCUT2D eigenvalue weighted by molar-refractivity contribution is 0.415. The number of nitrogens with zero attached hydrogens (tertiary/aromatic N) is 1. The van der Waals surface area contributed by atoms with Crippen LogP contribution >= 0.6 is 15.9 Å². The molecule has 1 heterocycles. The predicted molar refractivity (Wildman–Crippen MR) is 94.6 cm³/mol. The number of aromatic nitrogens is 1. The molecule has 2 aromatic carbocycles. The smallest absolute Gasteiger partial charge is 0.133 e. The Morgan fingerprint density at radius 1 is 1.09 bits per heavy atom. The molecule has 0 aliphatic carbocycles. The number of aryl methyl sites for hydroxylation is 1. The van der Waals surface area contributed by atoms with E-state index in [2.05, 4.69) is 41.9 Å². The van der Waals surface area contributed by atoms with E-state index < -0.39 is 0 Å². The monoisotopic (exact) mass is 358 g/mol. The molecule has 0 spiro atoms. The van der Waals surface area contributed by atoms with Gasteiger partial charge in [-0.3, -0.25) is 5.41 Å². The van der Waals surface area contributed by atoms with Crippen LogP contribution in [0.25, 0.3) is 21.7 Å².